The number of thioether (sulfide) groups is 1. The third-order valence-corrected chi connectivity index (χ3v) is 4.75. The molecule has 0 saturated heterocycles. The van der Waals surface area contributed by atoms with E-state index in [1.165, 1.54) is 0 Å². The number of carbonyl (C=O) groups is 1. The van der Waals surface area contributed by atoms with Crippen LogP contribution in [0.1, 0.15) is 13.3 Å². The van der Waals surface area contributed by atoms with E-state index in [0.717, 1.165) is 12.2 Å². The average molecular weight is 314 g/mol. The van der Waals surface area contributed by atoms with Gasteiger partial charge in [-0.15, -0.1) is 0 Å². The molecule has 0 spiro atoms. The van der Waals surface area contributed by atoms with E-state index in [2.05, 4.69) is 12.2 Å². The molecule has 0 aliphatic rings. The molecule has 6 heteroatoms. The normalized spacial score (nSPS) is 13.6. The Hall–Kier alpha value is -1.01. The van der Waals surface area contributed by atoms with Crippen molar-refractivity contribution in [1.82, 2.24) is 4.90 Å². The molecular weight excluding hydrogens is 292 g/mol. The molecule has 0 aliphatic carbocycles. The largest absolute Gasteiger partial charge is 0.324 e. The summed E-state index contributed by atoms with van der Waals surface area (Å²) < 4.78 is 11.4. The quantitative estimate of drug-likeness (QED) is 0.878. The Morgan fingerprint density at radius 1 is 1.50 bits per heavy atom. The summed E-state index contributed by atoms with van der Waals surface area (Å²) in [5, 5.41) is 2.85. The number of urea groups is 1. The number of carbonyl (C=O) groups excluding carboxylic acids is 1. The van der Waals surface area contributed by atoms with Crippen LogP contribution in [0.3, 0.4) is 0 Å². The van der Waals surface area contributed by atoms with Crippen molar-refractivity contribution in [3.8, 4) is 0 Å². The van der Waals surface area contributed by atoms with Crippen molar-refractivity contribution in [3.63, 3.8) is 0 Å². The van der Waals surface area contributed by atoms with E-state index in [-0.39, 0.29) is 12.1 Å². The van der Waals surface area contributed by atoms with Gasteiger partial charge in [-0.25, -0.2) is 4.79 Å². The van der Waals surface area contributed by atoms with E-state index in [9.17, 15) is 9.00 Å². The first kappa shape index (κ1) is 17.0. The predicted molar refractivity (Wildman–Crippen MR) is 88.0 cm³/mol. The fourth-order valence-electron chi connectivity index (χ4n) is 1.83. The molecule has 112 valence electrons. The van der Waals surface area contributed by atoms with E-state index in [1.54, 1.807) is 47.2 Å². The second-order valence-electron chi connectivity index (χ2n) is 4.54. The van der Waals surface area contributed by atoms with Crippen molar-refractivity contribution in [1.29, 1.82) is 0 Å². The van der Waals surface area contributed by atoms with E-state index in [1.807, 2.05) is 13.3 Å². The molecule has 0 bridgehead atoms. The molecule has 0 unspecified atom stereocenters. The van der Waals surface area contributed by atoms with Crippen LogP contribution >= 0.6 is 11.8 Å². The molecule has 1 N–H and O–H groups in total. The summed E-state index contributed by atoms with van der Waals surface area (Å²) in [6.07, 6.45) is 4.58. The fourth-order valence-corrected chi connectivity index (χ4v) is 3.23. The third-order valence-electron chi connectivity index (χ3n) is 3.12. The monoisotopic (exact) mass is 314 g/mol. The van der Waals surface area contributed by atoms with Gasteiger partial charge in [-0.1, -0.05) is 13.0 Å². The topological polar surface area (TPSA) is 49.4 Å². The summed E-state index contributed by atoms with van der Waals surface area (Å²) in [5.41, 5.74) is 0.675. The Labute approximate surface area is 127 Å². The predicted octanol–water partition coefficient (Wildman–Crippen LogP) is 3.03. The minimum absolute atomic E-state index is 0.134. The lowest BCUT2D eigenvalue weighted by atomic mass is 10.2. The van der Waals surface area contributed by atoms with Gasteiger partial charge in [0.15, 0.2) is 0 Å². The molecule has 2 atom stereocenters. The molecule has 20 heavy (non-hydrogen) atoms. The SMILES string of the molecule is CC[C@H](CSC)N(C)C(=O)Nc1cccc([S@@](C)=O)c1. The van der Waals surface area contributed by atoms with Crippen molar-refractivity contribution >= 4 is 34.3 Å². The molecule has 0 aliphatic heterocycles. The van der Waals surface area contributed by atoms with E-state index in [4.69, 9.17) is 0 Å². The molecule has 1 aromatic rings. The maximum atomic E-state index is 12.2. The van der Waals surface area contributed by atoms with Crippen LogP contribution in [0.15, 0.2) is 29.2 Å². The van der Waals surface area contributed by atoms with Gasteiger partial charge in [-0.2, -0.15) is 11.8 Å². The number of nitrogens with zero attached hydrogens (tertiary/aromatic N) is 1. The summed E-state index contributed by atoms with van der Waals surface area (Å²) in [4.78, 5) is 14.6. The highest BCUT2D eigenvalue weighted by Gasteiger charge is 2.17. The summed E-state index contributed by atoms with van der Waals surface area (Å²) in [5.74, 6) is 0.916. The number of anilines is 1. The molecule has 1 aromatic carbocycles. The Bertz CT molecular complexity index is 480. The van der Waals surface area contributed by atoms with Crippen LogP contribution in [-0.4, -0.2) is 46.5 Å². The van der Waals surface area contributed by atoms with Crippen molar-refractivity contribution in [3.05, 3.63) is 24.3 Å². The third kappa shape index (κ3) is 4.83. The number of rotatable bonds is 6. The zero-order chi connectivity index (χ0) is 15.1. The molecule has 0 heterocycles. The van der Waals surface area contributed by atoms with Crippen LogP contribution < -0.4 is 5.32 Å². The van der Waals surface area contributed by atoms with E-state index >= 15 is 0 Å². The van der Waals surface area contributed by atoms with Crippen LogP contribution in [0, 0.1) is 0 Å². The first-order valence-electron chi connectivity index (χ1n) is 6.45. The highest BCUT2D eigenvalue weighted by Crippen LogP contribution is 2.15. The first-order valence-corrected chi connectivity index (χ1v) is 9.41. The van der Waals surface area contributed by atoms with Crippen molar-refractivity contribution in [2.75, 3.05) is 30.6 Å². The summed E-state index contributed by atoms with van der Waals surface area (Å²) in [6, 6.07) is 7.22. The summed E-state index contributed by atoms with van der Waals surface area (Å²) in [6.45, 7) is 2.07. The van der Waals surface area contributed by atoms with Crippen LogP contribution in [-0.2, 0) is 10.8 Å². The van der Waals surface area contributed by atoms with Crippen molar-refractivity contribution in [2.45, 2.75) is 24.3 Å². The van der Waals surface area contributed by atoms with Gasteiger partial charge >= 0.3 is 6.03 Å². The maximum absolute atomic E-state index is 12.2. The summed E-state index contributed by atoms with van der Waals surface area (Å²) >= 11 is 1.73. The van der Waals surface area contributed by atoms with E-state index < -0.39 is 10.8 Å². The number of nitrogens with one attached hydrogen (secondary N) is 1. The van der Waals surface area contributed by atoms with Gasteiger partial charge in [0.1, 0.15) is 0 Å². The van der Waals surface area contributed by atoms with Gasteiger partial charge in [-0.05, 0) is 30.9 Å². The molecule has 0 fully saturated rings. The molecule has 4 nitrogen and oxygen atoms in total. The van der Waals surface area contributed by atoms with Crippen molar-refractivity contribution < 1.29 is 9.00 Å². The average Bonchev–Trinajstić information content (AvgIpc) is 2.44. The Morgan fingerprint density at radius 3 is 2.75 bits per heavy atom. The number of amides is 2. The van der Waals surface area contributed by atoms with Gasteiger partial charge in [-0.3, -0.25) is 4.21 Å². The van der Waals surface area contributed by atoms with Crippen molar-refractivity contribution in [2.24, 2.45) is 0 Å². The van der Waals surface area contributed by atoms with Crippen LogP contribution in [0.25, 0.3) is 0 Å². The minimum Gasteiger partial charge on any atom is -0.324 e. The maximum Gasteiger partial charge on any atom is 0.321 e. The Kier molecular flexibility index (Phi) is 7.09. The van der Waals surface area contributed by atoms with Gasteiger partial charge in [0.2, 0.25) is 0 Å². The number of hydrogen-bond donors (Lipinski definition) is 1. The Balaban J connectivity index is 2.74. The Morgan fingerprint density at radius 2 is 2.20 bits per heavy atom. The minimum atomic E-state index is -1.05. The lowest BCUT2D eigenvalue weighted by molar-refractivity contribution is 0.207. The standard InChI is InChI=1S/C14H22N2O2S2/c1-5-12(10-19-3)16(2)14(17)15-11-7-6-8-13(9-11)20(4)18/h6-9,12H,5,10H2,1-4H3,(H,15,17)/t12-,20-/m1/s1. The van der Waals surface area contributed by atoms with Gasteiger partial charge in [0, 0.05) is 46.5 Å². The molecule has 0 aromatic heterocycles. The lowest BCUT2D eigenvalue weighted by Gasteiger charge is -2.27. The summed E-state index contributed by atoms with van der Waals surface area (Å²) in [7, 11) is 0.761. The lowest BCUT2D eigenvalue weighted by Crippen LogP contribution is -2.41. The number of benzene rings is 1. The zero-order valence-corrected chi connectivity index (χ0v) is 14.0. The van der Waals surface area contributed by atoms with Crippen LogP contribution in [0.4, 0.5) is 10.5 Å². The highest BCUT2D eigenvalue weighted by atomic mass is 32.2. The zero-order valence-electron chi connectivity index (χ0n) is 12.4. The second-order valence-corrected chi connectivity index (χ2v) is 6.83. The first-order chi connectivity index (χ1) is 9.49. The second kappa shape index (κ2) is 8.32. The molecular formula is C14H22N2O2S2. The molecule has 0 radical (unpaired) electrons. The van der Waals surface area contributed by atoms with E-state index in [0.29, 0.717) is 10.6 Å². The van der Waals surface area contributed by atoms with Gasteiger partial charge in [0.05, 0.1) is 0 Å². The van der Waals surface area contributed by atoms with Gasteiger partial charge in [0.25, 0.3) is 0 Å². The molecule has 1 rings (SSSR count). The van der Waals surface area contributed by atoms with Crippen LogP contribution in [0.5, 0.6) is 0 Å². The van der Waals surface area contributed by atoms with Gasteiger partial charge < -0.3 is 10.2 Å². The number of hydrogen-bond acceptors (Lipinski definition) is 3. The molecule has 0 saturated carbocycles. The smallest absolute Gasteiger partial charge is 0.321 e. The highest BCUT2D eigenvalue weighted by molar-refractivity contribution is 7.98. The van der Waals surface area contributed by atoms with Crippen LogP contribution in [0.2, 0.25) is 0 Å². The fraction of sp³-hybridized carbons (Fsp3) is 0.500. The molecule has 2 amide bonds.